The molecule has 3 N–H and O–H groups in total. The van der Waals surface area contributed by atoms with Crippen LogP contribution < -0.4 is 10.6 Å². The third kappa shape index (κ3) is 13.4. The van der Waals surface area contributed by atoms with Crippen LogP contribution in [0.25, 0.3) is 21.5 Å². The molecule has 0 spiro atoms. The number of amides is 2. The van der Waals surface area contributed by atoms with Gasteiger partial charge in [-0.2, -0.15) is 0 Å². The van der Waals surface area contributed by atoms with Crippen LogP contribution in [0.2, 0.25) is 0 Å². The Labute approximate surface area is 360 Å². The van der Waals surface area contributed by atoms with Gasteiger partial charge in [-0.3, -0.25) is 30.9 Å². The third-order valence-corrected chi connectivity index (χ3v) is 8.48. The van der Waals surface area contributed by atoms with Crippen molar-refractivity contribution in [3.05, 3.63) is 138 Å². The molecule has 0 aliphatic carbocycles. The van der Waals surface area contributed by atoms with Gasteiger partial charge in [0.15, 0.2) is 5.97 Å². The van der Waals surface area contributed by atoms with Gasteiger partial charge in [0.25, 0.3) is 11.8 Å². The molecule has 4 aromatic carbocycles. The summed E-state index contributed by atoms with van der Waals surface area (Å²) in [4.78, 5) is 66.1. The van der Waals surface area contributed by atoms with Crippen molar-refractivity contribution < 1.29 is 54.9 Å². The van der Waals surface area contributed by atoms with Gasteiger partial charge in [0.1, 0.15) is 11.3 Å². The van der Waals surface area contributed by atoms with E-state index in [9.17, 15) is 29.1 Å². The fourth-order valence-corrected chi connectivity index (χ4v) is 5.69. The minimum atomic E-state index is -1.62. The van der Waals surface area contributed by atoms with E-state index in [4.69, 9.17) is 4.74 Å². The summed E-state index contributed by atoms with van der Waals surface area (Å²) < 4.78 is 12.8. The number of aliphatic hydroxyl groups is 1. The van der Waals surface area contributed by atoms with Gasteiger partial charge in [-0.25, -0.2) is 9.97 Å². The van der Waals surface area contributed by atoms with Gasteiger partial charge < -0.3 is 34.3 Å². The zero-order valence-corrected chi connectivity index (χ0v) is 37.8. The summed E-state index contributed by atoms with van der Waals surface area (Å²) in [6.07, 6.45) is 6.30. The topological polar surface area (TPSA) is 184 Å². The summed E-state index contributed by atoms with van der Waals surface area (Å²) in [5.74, 6) is -1.38. The Kier molecular flexibility index (Phi) is 19.8. The van der Waals surface area contributed by atoms with Crippen molar-refractivity contribution in [1.82, 2.24) is 29.7 Å². The van der Waals surface area contributed by atoms with E-state index in [0.717, 1.165) is 21.5 Å². The number of nitrogens with zero attached hydrogens (tertiary/aromatic N) is 4. The first-order chi connectivity index (χ1) is 27.7. The second-order valence-electron chi connectivity index (χ2n) is 12.5. The Balaban J connectivity index is 0.000000346. The minimum absolute atomic E-state index is 0. The van der Waals surface area contributed by atoms with E-state index in [0.29, 0.717) is 40.2 Å². The Morgan fingerprint density at radius 3 is 1.61 bits per heavy atom. The van der Waals surface area contributed by atoms with Gasteiger partial charge in [0, 0.05) is 57.3 Å². The van der Waals surface area contributed by atoms with Crippen molar-refractivity contribution in [3.63, 3.8) is 0 Å². The van der Waals surface area contributed by atoms with Crippen LogP contribution in [-0.4, -0.2) is 81.1 Å². The Bertz CT molecular complexity index is 2380. The number of ketones is 1. The van der Waals surface area contributed by atoms with Gasteiger partial charge >= 0.3 is 35.9 Å². The number of aryl methyl sites for hydroxylation is 2. The van der Waals surface area contributed by atoms with Gasteiger partial charge in [-0.05, 0) is 77.4 Å². The number of aromatic nitrogens is 4. The molecule has 2 aromatic heterocycles. The molecule has 308 valence electrons. The summed E-state index contributed by atoms with van der Waals surface area (Å²) in [5, 5.41) is 20.2. The molecule has 0 radical (unpaired) electrons. The summed E-state index contributed by atoms with van der Waals surface area (Å²) in [6.45, 7) is 7.08. The summed E-state index contributed by atoms with van der Waals surface area (Å²) >= 11 is 4.25. The van der Waals surface area contributed by atoms with Crippen LogP contribution in [-0.2, 0) is 55.1 Å². The van der Waals surface area contributed by atoms with E-state index in [2.05, 4.69) is 45.9 Å². The van der Waals surface area contributed by atoms with E-state index in [-0.39, 0.29) is 38.1 Å². The van der Waals surface area contributed by atoms with Gasteiger partial charge in [-0.15, -0.1) is 0 Å². The Hall–Kier alpha value is -5.70. The molecule has 59 heavy (non-hydrogen) atoms. The number of esters is 2. The number of carbonyl (C=O) groups is 5. The summed E-state index contributed by atoms with van der Waals surface area (Å²) in [5.41, 5.74) is 1.42. The second-order valence-corrected chi connectivity index (χ2v) is 12.5. The normalized spacial score (nSPS) is 11.1. The SMILES string of the molecule is C.CCOC(=O)CC(O)(c1ccc2cc(C(=O)NC)ccc2c1)c1cn(C)cn1.CNC(=O)c1ccc2cc(C(=O)c3cn(C)cn3)ccc2c1.[CH2-]C(=O)OCC.[Zn+][Br]. The molecule has 1 atom stereocenters. The van der Waals surface area contributed by atoms with Crippen molar-refractivity contribution in [2.24, 2.45) is 14.1 Å². The van der Waals surface area contributed by atoms with Crippen LogP contribution in [0.3, 0.4) is 0 Å². The average Bonchev–Trinajstić information content (AvgIpc) is 3.88. The predicted octanol–water partition coefficient (Wildman–Crippen LogP) is 6.15. The molecule has 0 saturated heterocycles. The average molecular weight is 923 g/mol. The zero-order chi connectivity index (χ0) is 43.0. The van der Waals surface area contributed by atoms with Crippen molar-refractivity contribution in [2.45, 2.75) is 33.3 Å². The first-order valence-corrected chi connectivity index (χ1v) is 24.8. The number of imidazole rings is 2. The third-order valence-electron chi connectivity index (χ3n) is 8.48. The van der Waals surface area contributed by atoms with Crippen LogP contribution >= 0.6 is 13.6 Å². The standard InChI is InChI=1S/C21H23N3O4.C17H15N3O2.C4H7O2.CH4.BrH.Zn/c1-4-28-19(25)11-21(27,18-12-24(3)13-23-18)17-8-7-14-9-16(20(26)22-2)6-5-15(14)10-17;1-18-17(22)14-6-4-11-7-13(5-3-12(11)8-14)16(21)15-9-20(2)10-19-15;1-3-6-4(2)5;;;/h5-10,12-13,27H,4,11H2,1-3H3,(H,22,26);3-10H,1-2H3,(H,18,22);2-3H2,1H3;1H4;1H;/q;;-1;;;+2/p-1. The molecular weight excluding hydrogens is 874 g/mol. The fourth-order valence-electron chi connectivity index (χ4n) is 5.69. The molecule has 1 unspecified atom stereocenters. The predicted molar refractivity (Wildman–Crippen MR) is 226 cm³/mol. The first kappa shape index (κ1) is 49.4. The number of benzene rings is 4. The van der Waals surface area contributed by atoms with Crippen LogP contribution in [0.4, 0.5) is 0 Å². The molecule has 14 nitrogen and oxygen atoms in total. The van der Waals surface area contributed by atoms with Crippen LogP contribution in [0, 0.1) is 6.92 Å². The number of fused-ring (bicyclic) bond motifs is 2. The molecule has 2 amide bonds. The molecule has 0 fully saturated rings. The maximum atomic E-state index is 12.4. The summed E-state index contributed by atoms with van der Waals surface area (Å²) in [6, 6.07) is 21.5. The van der Waals surface area contributed by atoms with E-state index in [1.54, 1.807) is 106 Å². The van der Waals surface area contributed by atoms with E-state index >= 15 is 0 Å². The molecule has 6 aromatic rings. The number of ether oxygens (including phenoxy) is 2. The number of carbonyl (C=O) groups excluding carboxylic acids is 5. The number of nitrogens with one attached hydrogen (secondary N) is 2. The molecule has 0 aliphatic rings. The van der Waals surface area contributed by atoms with Gasteiger partial charge in [0.05, 0.1) is 38.0 Å². The first-order valence-electron chi connectivity index (χ1n) is 17.9. The van der Waals surface area contributed by atoms with Crippen molar-refractivity contribution >= 4 is 64.7 Å². The van der Waals surface area contributed by atoms with Crippen molar-refractivity contribution in [3.8, 4) is 0 Å². The van der Waals surface area contributed by atoms with E-state index in [1.165, 1.54) is 16.3 Å². The van der Waals surface area contributed by atoms with E-state index < -0.39 is 17.5 Å². The molecule has 0 aliphatic heterocycles. The van der Waals surface area contributed by atoms with Crippen LogP contribution in [0.15, 0.2) is 97.8 Å². The summed E-state index contributed by atoms with van der Waals surface area (Å²) in [7, 11) is 6.80. The van der Waals surface area contributed by atoms with Crippen LogP contribution in [0.5, 0.6) is 0 Å². The van der Waals surface area contributed by atoms with Crippen LogP contribution in [0.1, 0.15) is 75.7 Å². The van der Waals surface area contributed by atoms with Crippen molar-refractivity contribution in [2.75, 3.05) is 27.3 Å². The Morgan fingerprint density at radius 1 is 0.729 bits per heavy atom. The maximum absolute atomic E-state index is 12.4. The monoisotopic (exact) mass is 920 g/mol. The number of halogens is 1. The molecule has 0 bridgehead atoms. The fraction of sp³-hybridized carbons (Fsp3) is 0.256. The number of hydrogen-bond donors (Lipinski definition) is 3. The molecular formula is C43H49BrN6O8Zn. The van der Waals surface area contributed by atoms with E-state index in [1.807, 2.05) is 43.4 Å². The zero-order valence-electron chi connectivity index (χ0n) is 33.2. The van der Waals surface area contributed by atoms with Crippen molar-refractivity contribution in [1.29, 1.82) is 0 Å². The number of hydrogen-bond acceptors (Lipinski definition) is 10. The Morgan fingerprint density at radius 2 is 1.19 bits per heavy atom. The van der Waals surface area contributed by atoms with Gasteiger partial charge in [0.2, 0.25) is 5.78 Å². The molecule has 2 heterocycles. The molecule has 0 saturated carbocycles. The second kappa shape index (κ2) is 23.6. The molecule has 16 heteroatoms. The van der Waals surface area contributed by atoms with Gasteiger partial charge in [-0.1, -0.05) is 43.8 Å². The molecule has 6 rings (SSSR count). The quantitative estimate of drug-likeness (QED) is 0.0624. The number of rotatable bonds is 10.